The minimum absolute atomic E-state index is 0.0153. The number of methoxy groups -OCH3 is 1. The second-order valence-electron chi connectivity index (χ2n) is 4.89. The van der Waals surface area contributed by atoms with E-state index in [4.69, 9.17) is 4.74 Å². The fourth-order valence-corrected chi connectivity index (χ4v) is 2.83. The predicted molar refractivity (Wildman–Crippen MR) is 88.5 cm³/mol. The third-order valence-electron chi connectivity index (χ3n) is 3.21. The Morgan fingerprint density at radius 3 is 2.57 bits per heavy atom. The number of benzene rings is 2. The fraction of sp³-hybridized carbons (Fsp3) is 0.176. The molecule has 2 aromatic carbocycles. The average Bonchev–Trinajstić information content (AvgIpc) is 2.55. The summed E-state index contributed by atoms with van der Waals surface area (Å²) < 4.78 is 44.9. The van der Waals surface area contributed by atoms with Crippen LogP contribution in [0.5, 0.6) is 0 Å². The smallest absolute Gasteiger partial charge is 0.233 e. The molecule has 0 saturated heterocycles. The van der Waals surface area contributed by atoms with Crippen molar-refractivity contribution in [3.8, 4) is 0 Å². The molecule has 0 aliphatic carbocycles. The van der Waals surface area contributed by atoms with Crippen molar-refractivity contribution in [3.05, 3.63) is 76.9 Å². The lowest BCUT2D eigenvalue weighted by atomic mass is 10.1. The molecule has 0 spiro atoms. The van der Waals surface area contributed by atoms with Crippen LogP contribution in [-0.2, 0) is 14.8 Å². The lowest BCUT2D eigenvalue weighted by Gasteiger charge is -2.16. The van der Waals surface area contributed by atoms with E-state index in [1.807, 2.05) is 18.2 Å². The molecular formula is C17H18FNO3S. The maximum Gasteiger partial charge on any atom is 0.233 e. The van der Waals surface area contributed by atoms with E-state index in [1.54, 1.807) is 24.3 Å². The van der Waals surface area contributed by atoms with Gasteiger partial charge in [-0.05, 0) is 29.3 Å². The van der Waals surface area contributed by atoms with Gasteiger partial charge in [-0.25, -0.2) is 17.5 Å². The first-order chi connectivity index (χ1) is 11.0. The fourth-order valence-electron chi connectivity index (χ4n) is 2.02. The van der Waals surface area contributed by atoms with Gasteiger partial charge in [0.2, 0.25) is 10.0 Å². The lowest BCUT2D eigenvalue weighted by Crippen LogP contribution is -2.27. The summed E-state index contributed by atoms with van der Waals surface area (Å²) >= 11 is 0. The van der Waals surface area contributed by atoms with Gasteiger partial charge in [0.05, 0.1) is 6.10 Å². The van der Waals surface area contributed by atoms with Crippen LogP contribution < -0.4 is 4.72 Å². The summed E-state index contributed by atoms with van der Waals surface area (Å²) in [6.07, 6.45) is 0.942. The van der Waals surface area contributed by atoms with E-state index in [1.165, 1.54) is 25.3 Å². The van der Waals surface area contributed by atoms with Gasteiger partial charge in [-0.2, -0.15) is 0 Å². The van der Waals surface area contributed by atoms with Gasteiger partial charge < -0.3 is 4.74 Å². The molecule has 1 N–H and O–H groups in total. The average molecular weight is 335 g/mol. The van der Waals surface area contributed by atoms with Crippen molar-refractivity contribution >= 4 is 16.1 Å². The van der Waals surface area contributed by atoms with Gasteiger partial charge >= 0.3 is 0 Å². The zero-order valence-electron chi connectivity index (χ0n) is 12.6. The van der Waals surface area contributed by atoms with E-state index in [9.17, 15) is 12.8 Å². The molecule has 0 aliphatic heterocycles. The second kappa shape index (κ2) is 8.01. The molecule has 0 fully saturated rings. The van der Waals surface area contributed by atoms with Crippen LogP contribution in [0.15, 0.2) is 60.0 Å². The van der Waals surface area contributed by atoms with Crippen LogP contribution in [0, 0.1) is 5.82 Å². The Labute approximate surface area is 135 Å². The highest BCUT2D eigenvalue weighted by Gasteiger charge is 2.14. The van der Waals surface area contributed by atoms with Crippen LogP contribution in [-0.4, -0.2) is 22.1 Å². The molecule has 2 rings (SSSR count). The summed E-state index contributed by atoms with van der Waals surface area (Å²) in [6, 6.07) is 15.0. The predicted octanol–water partition coefficient (Wildman–Crippen LogP) is 3.10. The summed E-state index contributed by atoms with van der Waals surface area (Å²) in [5, 5.41) is 1.10. The second-order valence-corrected chi connectivity index (χ2v) is 6.54. The van der Waals surface area contributed by atoms with Gasteiger partial charge in [-0.3, -0.25) is 0 Å². The zero-order valence-corrected chi connectivity index (χ0v) is 13.5. The highest BCUT2D eigenvalue weighted by atomic mass is 32.2. The van der Waals surface area contributed by atoms with Crippen molar-refractivity contribution in [2.75, 3.05) is 13.7 Å². The van der Waals surface area contributed by atoms with Crippen molar-refractivity contribution in [2.24, 2.45) is 0 Å². The van der Waals surface area contributed by atoms with Gasteiger partial charge in [-0.15, -0.1) is 0 Å². The van der Waals surface area contributed by atoms with Crippen molar-refractivity contribution in [1.29, 1.82) is 0 Å². The molecule has 0 aromatic heterocycles. The molecule has 0 radical (unpaired) electrons. The molecule has 0 bridgehead atoms. The summed E-state index contributed by atoms with van der Waals surface area (Å²) in [4.78, 5) is 0. The number of hydrogen-bond acceptors (Lipinski definition) is 3. The SMILES string of the molecule is CO[C@@H](CNS(=O)(=O)/C=C/c1ccccc1)c1cccc(F)c1. The summed E-state index contributed by atoms with van der Waals surface area (Å²) in [5.74, 6) is -0.392. The Bertz CT molecular complexity index is 760. The van der Waals surface area contributed by atoms with Crippen LogP contribution in [0.1, 0.15) is 17.2 Å². The van der Waals surface area contributed by atoms with Crippen molar-refractivity contribution in [1.82, 2.24) is 4.72 Å². The van der Waals surface area contributed by atoms with E-state index in [0.29, 0.717) is 5.56 Å². The van der Waals surface area contributed by atoms with Gasteiger partial charge in [0, 0.05) is 19.1 Å². The molecule has 0 amide bonds. The Balaban J connectivity index is 2.01. The van der Waals surface area contributed by atoms with Gasteiger partial charge in [-0.1, -0.05) is 42.5 Å². The maximum absolute atomic E-state index is 13.2. The zero-order chi connectivity index (χ0) is 16.7. The van der Waals surface area contributed by atoms with Crippen LogP contribution in [0.2, 0.25) is 0 Å². The normalized spacial score (nSPS) is 13.3. The van der Waals surface area contributed by atoms with E-state index in [0.717, 1.165) is 11.0 Å². The number of rotatable bonds is 7. The monoisotopic (exact) mass is 335 g/mol. The van der Waals surface area contributed by atoms with Crippen LogP contribution in [0.3, 0.4) is 0 Å². The first kappa shape index (κ1) is 17.3. The van der Waals surface area contributed by atoms with Crippen LogP contribution >= 0.6 is 0 Å². The molecule has 0 heterocycles. The standard InChI is InChI=1S/C17H18FNO3S/c1-22-17(15-8-5-9-16(18)12-15)13-19-23(20,21)11-10-14-6-3-2-4-7-14/h2-12,17,19H,13H2,1H3/b11-10+/t17-/m0/s1. The Hall–Kier alpha value is -2.02. The van der Waals surface area contributed by atoms with E-state index in [2.05, 4.69) is 4.72 Å². The number of nitrogens with one attached hydrogen (secondary N) is 1. The van der Waals surface area contributed by atoms with E-state index < -0.39 is 21.9 Å². The van der Waals surface area contributed by atoms with Crippen molar-refractivity contribution in [2.45, 2.75) is 6.10 Å². The van der Waals surface area contributed by atoms with E-state index in [-0.39, 0.29) is 6.54 Å². The Kier molecular flexibility index (Phi) is 6.04. The number of halogens is 1. The van der Waals surface area contributed by atoms with Crippen LogP contribution in [0.4, 0.5) is 4.39 Å². The summed E-state index contributed by atoms with van der Waals surface area (Å²) in [6.45, 7) is 0.0153. The van der Waals surface area contributed by atoms with Crippen molar-refractivity contribution < 1.29 is 17.5 Å². The number of hydrogen-bond donors (Lipinski definition) is 1. The first-order valence-electron chi connectivity index (χ1n) is 7.01. The van der Waals surface area contributed by atoms with E-state index >= 15 is 0 Å². The number of sulfonamides is 1. The molecule has 1 atom stereocenters. The molecule has 6 heteroatoms. The quantitative estimate of drug-likeness (QED) is 0.846. The maximum atomic E-state index is 13.2. The Morgan fingerprint density at radius 2 is 1.91 bits per heavy atom. The summed E-state index contributed by atoms with van der Waals surface area (Å²) in [5.41, 5.74) is 1.36. The van der Waals surface area contributed by atoms with Gasteiger partial charge in [0.15, 0.2) is 0 Å². The third kappa shape index (κ3) is 5.59. The largest absolute Gasteiger partial charge is 0.375 e. The first-order valence-corrected chi connectivity index (χ1v) is 8.56. The highest BCUT2D eigenvalue weighted by molar-refractivity contribution is 7.92. The van der Waals surface area contributed by atoms with Crippen LogP contribution in [0.25, 0.3) is 6.08 Å². The molecule has 2 aromatic rings. The molecule has 0 aliphatic rings. The minimum Gasteiger partial charge on any atom is -0.375 e. The molecule has 122 valence electrons. The van der Waals surface area contributed by atoms with Gasteiger partial charge in [0.25, 0.3) is 0 Å². The molecule has 23 heavy (non-hydrogen) atoms. The number of ether oxygens (including phenoxy) is 1. The minimum atomic E-state index is -3.61. The van der Waals surface area contributed by atoms with Gasteiger partial charge in [0.1, 0.15) is 5.82 Å². The highest BCUT2D eigenvalue weighted by Crippen LogP contribution is 2.17. The summed E-state index contributed by atoms with van der Waals surface area (Å²) in [7, 11) is -2.16. The molecule has 0 saturated carbocycles. The Morgan fingerprint density at radius 1 is 1.17 bits per heavy atom. The molecular weight excluding hydrogens is 317 g/mol. The lowest BCUT2D eigenvalue weighted by molar-refractivity contribution is 0.107. The topological polar surface area (TPSA) is 55.4 Å². The molecule has 0 unspecified atom stereocenters. The van der Waals surface area contributed by atoms with Crippen molar-refractivity contribution in [3.63, 3.8) is 0 Å². The molecule has 4 nitrogen and oxygen atoms in total. The third-order valence-corrected chi connectivity index (χ3v) is 4.28.